The Kier molecular flexibility index (Phi) is 6.33. The summed E-state index contributed by atoms with van der Waals surface area (Å²) in [6.45, 7) is 9.08. The number of carbonyl (C=O) groups excluding carboxylic acids is 1. The minimum atomic E-state index is -0.790. The van der Waals surface area contributed by atoms with Crippen LogP contribution in [0.4, 0.5) is 0 Å². The fraction of sp³-hybridized carbons (Fsp3) is 0.667. The Labute approximate surface area is 187 Å². The van der Waals surface area contributed by atoms with Gasteiger partial charge in [0, 0.05) is 37.8 Å². The van der Waals surface area contributed by atoms with Gasteiger partial charge in [-0.2, -0.15) is 0 Å². The van der Waals surface area contributed by atoms with Gasteiger partial charge < -0.3 is 14.7 Å². The van der Waals surface area contributed by atoms with E-state index in [1.54, 1.807) is 0 Å². The summed E-state index contributed by atoms with van der Waals surface area (Å²) in [5.41, 5.74) is 1.76. The van der Waals surface area contributed by atoms with Gasteiger partial charge in [0.25, 0.3) is 0 Å². The first-order chi connectivity index (χ1) is 14.7. The first-order valence-electron chi connectivity index (χ1n) is 12.0. The Hall–Kier alpha value is -1.65. The van der Waals surface area contributed by atoms with Gasteiger partial charge in [-0.1, -0.05) is 50.3 Å². The van der Waals surface area contributed by atoms with E-state index in [0.29, 0.717) is 30.2 Å². The lowest BCUT2D eigenvalue weighted by Crippen LogP contribution is -2.56. The summed E-state index contributed by atoms with van der Waals surface area (Å²) in [6, 6.07) is 11.5. The Balaban J connectivity index is 1.45. The second-order valence-electron chi connectivity index (χ2n) is 10.6. The molecule has 0 aliphatic heterocycles. The number of hydrogen-bond acceptors (Lipinski definition) is 4. The molecular weight excluding hydrogens is 386 g/mol. The second kappa shape index (κ2) is 8.71. The van der Waals surface area contributed by atoms with Gasteiger partial charge in [-0.25, -0.2) is 0 Å². The lowest BCUT2D eigenvalue weighted by Gasteiger charge is -2.53. The zero-order valence-corrected chi connectivity index (χ0v) is 19.8. The number of carbonyl (C=O) groups is 1. The summed E-state index contributed by atoms with van der Waals surface area (Å²) < 4.78 is 5.54. The predicted octanol–water partition coefficient (Wildman–Crippen LogP) is 4.79. The number of aliphatic hydroxyl groups is 1. The van der Waals surface area contributed by atoms with Crippen molar-refractivity contribution in [1.29, 1.82) is 0 Å². The van der Waals surface area contributed by atoms with Gasteiger partial charge in [-0.3, -0.25) is 4.79 Å². The van der Waals surface area contributed by atoms with Crippen LogP contribution >= 0.6 is 0 Å². The van der Waals surface area contributed by atoms with E-state index in [4.69, 9.17) is 4.74 Å². The molecule has 0 aromatic heterocycles. The highest BCUT2D eigenvalue weighted by Crippen LogP contribution is 2.52. The third-order valence-electron chi connectivity index (χ3n) is 8.45. The lowest BCUT2D eigenvalue weighted by molar-refractivity contribution is -0.159. The highest BCUT2D eigenvalue weighted by molar-refractivity contribution is 5.66. The van der Waals surface area contributed by atoms with Crippen molar-refractivity contribution in [2.45, 2.75) is 77.0 Å². The van der Waals surface area contributed by atoms with Crippen molar-refractivity contribution >= 4 is 5.97 Å². The first-order valence-corrected chi connectivity index (χ1v) is 12.0. The third-order valence-corrected chi connectivity index (χ3v) is 8.45. The molecule has 8 atom stereocenters. The third kappa shape index (κ3) is 4.47. The maximum absolute atomic E-state index is 11.8. The van der Waals surface area contributed by atoms with Crippen LogP contribution in [0.1, 0.15) is 64.9 Å². The van der Waals surface area contributed by atoms with Crippen LogP contribution in [0.3, 0.4) is 0 Å². The monoisotopic (exact) mass is 425 g/mol. The molecule has 31 heavy (non-hydrogen) atoms. The lowest BCUT2D eigenvalue weighted by atomic mass is 9.57. The summed E-state index contributed by atoms with van der Waals surface area (Å²) in [7, 11) is 2.26. The van der Waals surface area contributed by atoms with E-state index < -0.39 is 5.60 Å². The SMILES string of the molecule is CC(=O)O[C@@H]1C[C@@]2(O)[C@H](C)CC[C@@H](C(C)CN(C)C3CC3c3ccccc3)[C@H]2C=C1C. The molecule has 0 amide bonds. The number of esters is 1. The Morgan fingerprint density at radius 1 is 1.29 bits per heavy atom. The molecule has 4 nitrogen and oxygen atoms in total. The zero-order valence-electron chi connectivity index (χ0n) is 19.8. The molecule has 3 unspecified atom stereocenters. The maximum atomic E-state index is 11.8. The van der Waals surface area contributed by atoms with Crippen LogP contribution < -0.4 is 0 Å². The van der Waals surface area contributed by atoms with E-state index >= 15 is 0 Å². The molecule has 3 aliphatic rings. The molecule has 3 aliphatic carbocycles. The minimum Gasteiger partial charge on any atom is -0.458 e. The fourth-order valence-electron chi connectivity index (χ4n) is 6.45. The standard InChI is InChI=1S/C27H39NO3/c1-17-13-24-22(12-11-19(3)27(24,30)15-26(17)31-20(4)29)18(2)16-28(5)25-14-23(25)21-9-7-6-8-10-21/h6-10,13,18-19,22-26,30H,11-12,14-16H2,1-5H3/t18?,19-,22+,23?,24-,25?,26-,27-/m1/s1. The van der Waals surface area contributed by atoms with E-state index in [2.05, 4.69) is 69.1 Å². The average Bonchev–Trinajstić information content (AvgIpc) is 3.52. The highest BCUT2D eigenvalue weighted by Gasteiger charge is 2.53. The van der Waals surface area contributed by atoms with Crippen molar-refractivity contribution in [1.82, 2.24) is 4.90 Å². The molecule has 0 saturated heterocycles. The van der Waals surface area contributed by atoms with Crippen LogP contribution in [-0.4, -0.2) is 47.3 Å². The van der Waals surface area contributed by atoms with E-state index in [1.165, 1.54) is 18.9 Å². The molecule has 1 aromatic rings. The average molecular weight is 426 g/mol. The van der Waals surface area contributed by atoms with Crippen LogP contribution in [0, 0.1) is 23.7 Å². The number of ether oxygens (including phenoxy) is 1. The van der Waals surface area contributed by atoms with Crippen LogP contribution in [0.15, 0.2) is 42.0 Å². The van der Waals surface area contributed by atoms with Gasteiger partial charge in [0.2, 0.25) is 0 Å². The van der Waals surface area contributed by atoms with Crippen molar-refractivity contribution in [3.63, 3.8) is 0 Å². The molecule has 4 heteroatoms. The van der Waals surface area contributed by atoms with E-state index in [1.807, 2.05) is 0 Å². The fourth-order valence-corrected chi connectivity index (χ4v) is 6.45. The van der Waals surface area contributed by atoms with Gasteiger partial charge in [-0.05, 0) is 62.1 Å². The molecule has 0 heterocycles. The van der Waals surface area contributed by atoms with Crippen LogP contribution in [0.5, 0.6) is 0 Å². The van der Waals surface area contributed by atoms with Gasteiger partial charge in [0.05, 0.1) is 5.60 Å². The Morgan fingerprint density at radius 2 is 2.00 bits per heavy atom. The summed E-state index contributed by atoms with van der Waals surface area (Å²) >= 11 is 0. The number of hydrogen-bond donors (Lipinski definition) is 1. The largest absolute Gasteiger partial charge is 0.458 e. The second-order valence-corrected chi connectivity index (χ2v) is 10.6. The number of benzene rings is 1. The smallest absolute Gasteiger partial charge is 0.303 e. The maximum Gasteiger partial charge on any atom is 0.303 e. The Morgan fingerprint density at radius 3 is 2.68 bits per heavy atom. The molecule has 1 N–H and O–H groups in total. The summed E-state index contributed by atoms with van der Waals surface area (Å²) in [6.07, 6.45) is 5.89. The van der Waals surface area contributed by atoms with Gasteiger partial charge in [0.15, 0.2) is 0 Å². The Bertz CT molecular complexity index is 821. The van der Waals surface area contributed by atoms with E-state index in [0.717, 1.165) is 25.0 Å². The van der Waals surface area contributed by atoms with E-state index in [-0.39, 0.29) is 23.9 Å². The minimum absolute atomic E-state index is 0.135. The van der Waals surface area contributed by atoms with Crippen molar-refractivity contribution in [3.8, 4) is 0 Å². The molecule has 1 aromatic carbocycles. The van der Waals surface area contributed by atoms with Gasteiger partial charge >= 0.3 is 5.97 Å². The molecule has 0 radical (unpaired) electrons. The summed E-state index contributed by atoms with van der Waals surface area (Å²) in [4.78, 5) is 14.1. The molecule has 4 rings (SSSR count). The van der Waals surface area contributed by atoms with Crippen LogP contribution in [0.25, 0.3) is 0 Å². The predicted molar refractivity (Wildman–Crippen MR) is 124 cm³/mol. The highest BCUT2D eigenvalue weighted by atomic mass is 16.5. The van der Waals surface area contributed by atoms with Crippen molar-refractivity contribution in [3.05, 3.63) is 47.5 Å². The van der Waals surface area contributed by atoms with Crippen molar-refractivity contribution in [2.24, 2.45) is 23.7 Å². The first kappa shape index (κ1) is 22.5. The number of rotatable bonds is 6. The van der Waals surface area contributed by atoms with Crippen LogP contribution in [-0.2, 0) is 9.53 Å². The molecule has 0 bridgehead atoms. The number of likely N-dealkylation sites (N-methyl/N-ethyl adjacent to an activating group) is 1. The van der Waals surface area contributed by atoms with Crippen molar-refractivity contribution in [2.75, 3.05) is 13.6 Å². The topological polar surface area (TPSA) is 49.8 Å². The van der Waals surface area contributed by atoms with Gasteiger partial charge in [-0.15, -0.1) is 0 Å². The number of nitrogens with zero attached hydrogens (tertiary/aromatic N) is 1. The zero-order chi connectivity index (χ0) is 22.3. The number of fused-ring (bicyclic) bond motifs is 1. The quantitative estimate of drug-likeness (QED) is 0.526. The summed E-state index contributed by atoms with van der Waals surface area (Å²) in [5.74, 6) is 1.68. The van der Waals surface area contributed by atoms with E-state index in [9.17, 15) is 9.90 Å². The molecule has 0 spiro atoms. The normalized spacial score (nSPS) is 38.2. The molecule has 2 fully saturated rings. The molecule has 170 valence electrons. The van der Waals surface area contributed by atoms with Gasteiger partial charge in [0.1, 0.15) is 6.10 Å². The molecule has 2 saturated carbocycles. The van der Waals surface area contributed by atoms with Crippen molar-refractivity contribution < 1.29 is 14.6 Å². The van der Waals surface area contributed by atoms with Crippen LogP contribution in [0.2, 0.25) is 0 Å². The summed E-state index contributed by atoms with van der Waals surface area (Å²) in [5, 5.41) is 11.8. The molecular formula is C27H39NO3.